The summed E-state index contributed by atoms with van der Waals surface area (Å²) in [5.41, 5.74) is 3.60. The summed E-state index contributed by atoms with van der Waals surface area (Å²) in [6.45, 7) is 4.50. The fourth-order valence-corrected chi connectivity index (χ4v) is 3.50. The third-order valence-electron chi connectivity index (χ3n) is 2.90. The second-order valence-electron chi connectivity index (χ2n) is 4.64. The van der Waals surface area contributed by atoms with E-state index >= 15 is 0 Å². The molecule has 19 heavy (non-hydrogen) atoms. The van der Waals surface area contributed by atoms with Crippen molar-refractivity contribution in [1.29, 1.82) is 0 Å². The van der Waals surface area contributed by atoms with Crippen LogP contribution in [0, 0.1) is 6.92 Å². The van der Waals surface area contributed by atoms with Crippen LogP contribution in [0.5, 0.6) is 0 Å². The van der Waals surface area contributed by atoms with E-state index in [1.54, 1.807) is 11.3 Å². The van der Waals surface area contributed by atoms with E-state index in [0.717, 1.165) is 22.9 Å². The first kappa shape index (κ1) is 14.6. The van der Waals surface area contributed by atoms with Crippen LogP contribution in [0.4, 0.5) is 0 Å². The zero-order valence-electron chi connectivity index (χ0n) is 11.3. The van der Waals surface area contributed by atoms with E-state index in [9.17, 15) is 0 Å². The number of aliphatic hydroxyl groups is 1. The summed E-state index contributed by atoms with van der Waals surface area (Å²) >= 11 is 3.55. The van der Waals surface area contributed by atoms with Crippen molar-refractivity contribution in [2.75, 3.05) is 6.61 Å². The first-order valence-corrected chi connectivity index (χ1v) is 8.36. The molecule has 0 aliphatic rings. The molecule has 0 radical (unpaired) electrons. The highest BCUT2D eigenvalue weighted by atomic mass is 32.2. The van der Waals surface area contributed by atoms with E-state index < -0.39 is 0 Å². The average molecular weight is 293 g/mol. The first-order valence-electron chi connectivity index (χ1n) is 6.43. The molecule has 0 fully saturated rings. The van der Waals surface area contributed by atoms with E-state index in [2.05, 4.69) is 48.5 Å². The fourth-order valence-electron chi connectivity index (χ4n) is 1.69. The Hall–Kier alpha value is -0.840. The van der Waals surface area contributed by atoms with Crippen LogP contribution >= 0.6 is 23.1 Å². The van der Waals surface area contributed by atoms with Crippen LogP contribution < -0.4 is 0 Å². The van der Waals surface area contributed by atoms with Crippen molar-refractivity contribution in [3.05, 3.63) is 40.9 Å². The number of thioether (sulfide) groups is 1. The summed E-state index contributed by atoms with van der Waals surface area (Å²) in [5, 5.41) is 12.6. The van der Waals surface area contributed by atoms with Crippen LogP contribution in [0.15, 0.2) is 29.6 Å². The maximum atomic E-state index is 8.88. The molecule has 1 heterocycles. The molecule has 2 nitrogen and oxygen atoms in total. The molecule has 0 bridgehead atoms. The van der Waals surface area contributed by atoms with Crippen molar-refractivity contribution in [2.24, 2.45) is 0 Å². The maximum absolute atomic E-state index is 8.88. The topological polar surface area (TPSA) is 33.1 Å². The van der Waals surface area contributed by atoms with Gasteiger partial charge in [-0.05, 0) is 13.3 Å². The van der Waals surface area contributed by atoms with Crippen LogP contribution in [-0.2, 0) is 5.75 Å². The third kappa shape index (κ3) is 4.34. The molecule has 102 valence electrons. The van der Waals surface area contributed by atoms with Crippen molar-refractivity contribution in [1.82, 2.24) is 4.98 Å². The lowest BCUT2D eigenvalue weighted by Gasteiger charge is -2.07. The Labute approximate surface area is 122 Å². The van der Waals surface area contributed by atoms with E-state index in [-0.39, 0.29) is 6.61 Å². The highest BCUT2D eigenvalue weighted by molar-refractivity contribution is 7.99. The summed E-state index contributed by atoms with van der Waals surface area (Å²) < 4.78 is 0. The van der Waals surface area contributed by atoms with Gasteiger partial charge in [0.15, 0.2) is 0 Å². The number of thiazole rings is 1. The SMILES string of the molecule is Cc1ccc(-c2nc(CSC(C)CCO)cs2)cc1. The molecule has 2 aromatic rings. The van der Waals surface area contributed by atoms with Crippen LogP contribution in [-0.4, -0.2) is 21.9 Å². The molecule has 1 unspecified atom stereocenters. The van der Waals surface area contributed by atoms with Gasteiger partial charge in [0, 0.05) is 28.6 Å². The van der Waals surface area contributed by atoms with E-state index in [1.807, 2.05) is 11.8 Å². The average Bonchev–Trinajstić information content (AvgIpc) is 2.86. The van der Waals surface area contributed by atoms with Crippen LogP contribution in [0.25, 0.3) is 10.6 Å². The van der Waals surface area contributed by atoms with Gasteiger partial charge in [-0.25, -0.2) is 4.98 Å². The quantitative estimate of drug-likeness (QED) is 0.869. The Bertz CT molecular complexity index is 507. The van der Waals surface area contributed by atoms with Gasteiger partial charge >= 0.3 is 0 Å². The number of aromatic nitrogens is 1. The Morgan fingerprint density at radius 3 is 2.74 bits per heavy atom. The smallest absolute Gasteiger partial charge is 0.123 e. The Balaban J connectivity index is 1.97. The molecule has 1 aromatic carbocycles. The van der Waals surface area contributed by atoms with E-state index in [1.165, 1.54) is 11.1 Å². The zero-order valence-corrected chi connectivity index (χ0v) is 12.9. The molecule has 0 saturated carbocycles. The normalized spacial score (nSPS) is 12.6. The van der Waals surface area contributed by atoms with Crippen molar-refractivity contribution in [2.45, 2.75) is 31.3 Å². The summed E-state index contributed by atoms with van der Waals surface area (Å²) in [6, 6.07) is 8.49. The predicted molar refractivity (Wildman–Crippen MR) is 84.7 cm³/mol. The lowest BCUT2D eigenvalue weighted by atomic mass is 10.2. The lowest BCUT2D eigenvalue weighted by molar-refractivity contribution is 0.289. The van der Waals surface area contributed by atoms with Gasteiger partial charge in [0.2, 0.25) is 0 Å². The number of rotatable bonds is 6. The number of hydrogen-bond acceptors (Lipinski definition) is 4. The Morgan fingerprint density at radius 2 is 2.05 bits per heavy atom. The fraction of sp³-hybridized carbons (Fsp3) is 0.400. The number of aryl methyl sites for hydroxylation is 1. The minimum absolute atomic E-state index is 0.264. The third-order valence-corrected chi connectivity index (χ3v) is 5.11. The molecular formula is C15H19NOS2. The van der Waals surface area contributed by atoms with Gasteiger partial charge in [0.25, 0.3) is 0 Å². The van der Waals surface area contributed by atoms with Gasteiger partial charge in [-0.2, -0.15) is 11.8 Å². The minimum Gasteiger partial charge on any atom is -0.396 e. The molecule has 0 saturated heterocycles. The van der Waals surface area contributed by atoms with Crippen molar-refractivity contribution in [3.63, 3.8) is 0 Å². The number of benzene rings is 1. The van der Waals surface area contributed by atoms with Crippen molar-refractivity contribution >= 4 is 23.1 Å². The maximum Gasteiger partial charge on any atom is 0.123 e. The van der Waals surface area contributed by atoms with Gasteiger partial charge in [-0.15, -0.1) is 11.3 Å². The molecule has 1 atom stereocenters. The molecule has 1 N–H and O–H groups in total. The molecule has 0 aliphatic carbocycles. The van der Waals surface area contributed by atoms with Crippen molar-refractivity contribution < 1.29 is 5.11 Å². The summed E-state index contributed by atoms with van der Waals surface area (Å²) in [4.78, 5) is 4.68. The van der Waals surface area contributed by atoms with E-state index in [4.69, 9.17) is 5.11 Å². The van der Waals surface area contributed by atoms with Gasteiger partial charge in [-0.3, -0.25) is 0 Å². The second-order valence-corrected chi connectivity index (χ2v) is 6.93. The highest BCUT2D eigenvalue weighted by Crippen LogP contribution is 2.27. The van der Waals surface area contributed by atoms with E-state index in [0.29, 0.717) is 5.25 Å². The minimum atomic E-state index is 0.264. The molecule has 2 rings (SSSR count). The predicted octanol–water partition coefficient (Wildman–Crippen LogP) is 4.12. The van der Waals surface area contributed by atoms with Gasteiger partial charge in [0.1, 0.15) is 5.01 Å². The largest absolute Gasteiger partial charge is 0.396 e. The highest BCUT2D eigenvalue weighted by Gasteiger charge is 2.07. The number of nitrogens with zero attached hydrogens (tertiary/aromatic N) is 1. The lowest BCUT2D eigenvalue weighted by Crippen LogP contribution is -1.99. The van der Waals surface area contributed by atoms with Gasteiger partial charge in [-0.1, -0.05) is 36.8 Å². The number of hydrogen-bond donors (Lipinski definition) is 1. The summed E-state index contributed by atoms with van der Waals surface area (Å²) in [5.74, 6) is 0.920. The summed E-state index contributed by atoms with van der Waals surface area (Å²) in [7, 11) is 0. The molecule has 4 heteroatoms. The number of aliphatic hydroxyl groups excluding tert-OH is 1. The standard InChI is InChI=1S/C15H19NOS2/c1-11-3-5-13(6-4-11)15-16-14(10-19-15)9-18-12(2)7-8-17/h3-6,10,12,17H,7-9H2,1-2H3. The van der Waals surface area contributed by atoms with Gasteiger partial charge < -0.3 is 5.11 Å². The molecule has 0 aliphatic heterocycles. The zero-order chi connectivity index (χ0) is 13.7. The molecule has 0 spiro atoms. The van der Waals surface area contributed by atoms with Crippen LogP contribution in [0.3, 0.4) is 0 Å². The Kier molecular flexibility index (Phi) is 5.43. The molecule has 0 amide bonds. The molecule has 1 aromatic heterocycles. The van der Waals surface area contributed by atoms with Gasteiger partial charge in [0.05, 0.1) is 5.69 Å². The van der Waals surface area contributed by atoms with Crippen LogP contribution in [0.2, 0.25) is 0 Å². The first-order chi connectivity index (χ1) is 9.19. The second kappa shape index (κ2) is 7.08. The monoisotopic (exact) mass is 293 g/mol. The summed E-state index contributed by atoms with van der Waals surface area (Å²) in [6.07, 6.45) is 0.847. The van der Waals surface area contributed by atoms with Crippen LogP contribution in [0.1, 0.15) is 24.6 Å². The molecular weight excluding hydrogens is 274 g/mol. The Morgan fingerprint density at radius 1 is 1.32 bits per heavy atom. The van der Waals surface area contributed by atoms with Crippen molar-refractivity contribution in [3.8, 4) is 10.6 Å².